The van der Waals surface area contributed by atoms with Crippen molar-refractivity contribution in [3.8, 4) is 0 Å². The molecule has 3 nitrogen and oxygen atoms in total. The lowest BCUT2D eigenvalue weighted by molar-refractivity contribution is 0.0718. The van der Waals surface area contributed by atoms with Crippen molar-refractivity contribution >= 4 is 28.5 Å². The number of amides is 1. The first kappa shape index (κ1) is 14.3. The van der Waals surface area contributed by atoms with Crippen LogP contribution in [0.4, 0.5) is 0 Å². The van der Waals surface area contributed by atoms with Gasteiger partial charge >= 0.3 is 0 Å². The Kier molecular flexibility index (Phi) is 4.61. The van der Waals surface area contributed by atoms with E-state index >= 15 is 0 Å². The Labute approximate surface area is 134 Å². The Bertz CT molecular complexity index is 464. The van der Waals surface area contributed by atoms with Crippen LogP contribution in [0.1, 0.15) is 42.5 Å². The van der Waals surface area contributed by atoms with Crippen LogP contribution in [0.5, 0.6) is 0 Å². The average Bonchev–Trinajstić information content (AvgIpc) is 3.30. The Morgan fingerprint density at radius 2 is 1.95 bits per heavy atom. The highest BCUT2D eigenvalue weighted by Crippen LogP contribution is 2.29. The minimum absolute atomic E-state index is 0.205. The fourth-order valence-electron chi connectivity index (χ4n) is 2.86. The predicted molar refractivity (Wildman–Crippen MR) is 88.9 cm³/mol. The molecule has 108 valence electrons. The molecule has 3 rings (SSSR count). The summed E-state index contributed by atoms with van der Waals surface area (Å²) in [7, 11) is 0. The number of benzene rings is 1. The molecule has 0 spiro atoms. The summed E-state index contributed by atoms with van der Waals surface area (Å²) in [5, 5.41) is 3.55. The quantitative estimate of drug-likeness (QED) is 0.810. The SMILES string of the molecule is O=C(c1ccc(I)cc1)N(CC1CCCCN1)C1CC1. The third-order valence-electron chi connectivity index (χ3n) is 4.17. The molecule has 1 aliphatic heterocycles. The molecule has 4 heteroatoms. The standard InChI is InChI=1S/C16H21IN2O/c17-13-6-4-12(5-7-13)16(20)19(15-8-9-15)11-14-3-1-2-10-18-14/h4-7,14-15,18H,1-3,8-11H2. The molecule has 1 aliphatic carbocycles. The number of hydrogen-bond acceptors (Lipinski definition) is 2. The van der Waals surface area contributed by atoms with Crippen molar-refractivity contribution in [3.05, 3.63) is 33.4 Å². The van der Waals surface area contributed by atoms with E-state index in [0.717, 1.165) is 18.7 Å². The number of hydrogen-bond donors (Lipinski definition) is 1. The summed E-state index contributed by atoms with van der Waals surface area (Å²) < 4.78 is 1.17. The number of carbonyl (C=O) groups is 1. The summed E-state index contributed by atoms with van der Waals surface area (Å²) >= 11 is 2.27. The van der Waals surface area contributed by atoms with Gasteiger partial charge in [-0.15, -0.1) is 0 Å². The van der Waals surface area contributed by atoms with E-state index in [0.29, 0.717) is 12.1 Å². The van der Waals surface area contributed by atoms with Gasteiger partial charge in [0.1, 0.15) is 0 Å². The van der Waals surface area contributed by atoms with E-state index in [2.05, 4.69) is 32.8 Å². The highest BCUT2D eigenvalue weighted by molar-refractivity contribution is 14.1. The van der Waals surface area contributed by atoms with Crippen molar-refractivity contribution in [3.63, 3.8) is 0 Å². The molecule has 1 aromatic rings. The van der Waals surface area contributed by atoms with Crippen LogP contribution in [-0.2, 0) is 0 Å². The van der Waals surface area contributed by atoms with Gasteiger partial charge in [-0.05, 0) is 79.1 Å². The summed E-state index contributed by atoms with van der Waals surface area (Å²) in [6.07, 6.45) is 6.09. The lowest BCUT2D eigenvalue weighted by Crippen LogP contribution is -2.46. The first-order valence-electron chi connectivity index (χ1n) is 7.54. The minimum atomic E-state index is 0.205. The predicted octanol–water partition coefficient (Wildman–Crippen LogP) is 3.04. The molecule has 1 N–H and O–H groups in total. The Balaban J connectivity index is 1.69. The van der Waals surface area contributed by atoms with Crippen molar-refractivity contribution in [2.45, 2.75) is 44.2 Å². The van der Waals surface area contributed by atoms with Gasteiger partial charge < -0.3 is 10.2 Å². The molecule has 1 aromatic carbocycles. The maximum atomic E-state index is 12.7. The van der Waals surface area contributed by atoms with Crippen molar-refractivity contribution in [2.75, 3.05) is 13.1 Å². The summed E-state index contributed by atoms with van der Waals surface area (Å²) in [4.78, 5) is 14.8. The second-order valence-corrected chi connectivity index (χ2v) is 7.09. The van der Waals surface area contributed by atoms with Crippen molar-refractivity contribution < 1.29 is 4.79 Å². The van der Waals surface area contributed by atoms with E-state index in [1.807, 2.05) is 24.3 Å². The Morgan fingerprint density at radius 1 is 1.20 bits per heavy atom. The summed E-state index contributed by atoms with van der Waals surface area (Å²) in [5.74, 6) is 0.205. The molecule has 1 saturated heterocycles. The van der Waals surface area contributed by atoms with Gasteiger partial charge in [0.05, 0.1) is 0 Å². The molecular formula is C16H21IN2O. The molecule has 1 atom stereocenters. The van der Waals surface area contributed by atoms with Gasteiger partial charge in [0, 0.05) is 27.8 Å². The summed E-state index contributed by atoms with van der Waals surface area (Å²) in [6.45, 7) is 1.97. The Morgan fingerprint density at radius 3 is 2.55 bits per heavy atom. The second-order valence-electron chi connectivity index (χ2n) is 5.84. The minimum Gasteiger partial charge on any atom is -0.334 e. The van der Waals surface area contributed by atoms with Crippen LogP contribution >= 0.6 is 22.6 Å². The molecule has 0 radical (unpaired) electrons. The maximum Gasteiger partial charge on any atom is 0.254 e. The van der Waals surface area contributed by atoms with Gasteiger partial charge in [-0.25, -0.2) is 0 Å². The van der Waals surface area contributed by atoms with E-state index in [1.54, 1.807) is 0 Å². The number of nitrogens with zero attached hydrogens (tertiary/aromatic N) is 1. The smallest absolute Gasteiger partial charge is 0.254 e. The van der Waals surface area contributed by atoms with Crippen LogP contribution in [0, 0.1) is 3.57 Å². The number of halogens is 1. The molecule has 2 fully saturated rings. The topological polar surface area (TPSA) is 32.3 Å². The molecule has 1 amide bonds. The number of piperidine rings is 1. The fraction of sp³-hybridized carbons (Fsp3) is 0.562. The number of carbonyl (C=O) groups excluding carboxylic acids is 1. The van der Waals surface area contributed by atoms with E-state index in [9.17, 15) is 4.79 Å². The van der Waals surface area contributed by atoms with Crippen LogP contribution in [0.25, 0.3) is 0 Å². The summed E-state index contributed by atoms with van der Waals surface area (Å²) in [5.41, 5.74) is 0.827. The van der Waals surface area contributed by atoms with Crippen LogP contribution in [0.15, 0.2) is 24.3 Å². The first-order chi connectivity index (χ1) is 9.74. The molecule has 1 heterocycles. The van der Waals surface area contributed by atoms with Crippen LogP contribution in [0.2, 0.25) is 0 Å². The fourth-order valence-corrected chi connectivity index (χ4v) is 3.22. The number of nitrogens with one attached hydrogen (secondary N) is 1. The van der Waals surface area contributed by atoms with E-state index < -0.39 is 0 Å². The van der Waals surface area contributed by atoms with E-state index in [1.165, 1.54) is 35.7 Å². The van der Waals surface area contributed by atoms with Crippen LogP contribution in [0.3, 0.4) is 0 Å². The second kappa shape index (κ2) is 6.43. The first-order valence-corrected chi connectivity index (χ1v) is 8.62. The molecular weight excluding hydrogens is 363 g/mol. The van der Waals surface area contributed by atoms with Crippen LogP contribution < -0.4 is 5.32 Å². The van der Waals surface area contributed by atoms with Crippen molar-refractivity contribution in [1.29, 1.82) is 0 Å². The van der Waals surface area contributed by atoms with E-state index in [4.69, 9.17) is 0 Å². The third kappa shape index (κ3) is 3.52. The van der Waals surface area contributed by atoms with Gasteiger partial charge in [0.2, 0.25) is 0 Å². The molecule has 20 heavy (non-hydrogen) atoms. The number of rotatable bonds is 4. The van der Waals surface area contributed by atoms with Gasteiger partial charge in [-0.2, -0.15) is 0 Å². The maximum absolute atomic E-state index is 12.7. The molecule has 1 unspecified atom stereocenters. The monoisotopic (exact) mass is 384 g/mol. The third-order valence-corrected chi connectivity index (χ3v) is 4.89. The zero-order chi connectivity index (χ0) is 13.9. The molecule has 1 saturated carbocycles. The van der Waals surface area contributed by atoms with Gasteiger partial charge in [-0.1, -0.05) is 6.42 Å². The summed E-state index contributed by atoms with van der Waals surface area (Å²) in [6, 6.07) is 8.89. The lowest BCUT2D eigenvalue weighted by Gasteiger charge is -2.31. The zero-order valence-corrected chi connectivity index (χ0v) is 13.8. The molecule has 2 aliphatic rings. The van der Waals surface area contributed by atoms with Crippen molar-refractivity contribution in [2.24, 2.45) is 0 Å². The lowest BCUT2D eigenvalue weighted by atomic mass is 10.0. The van der Waals surface area contributed by atoms with E-state index in [-0.39, 0.29) is 5.91 Å². The molecule has 0 aromatic heterocycles. The highest BCUT2D eigenvalue weighted by Gasteiger charge is 2.34. The van der Waals surface area contributed by atoms with Gasteiger partial charge in [-0.3, -0.25) is 4.79 Å². The van der Waals surface area contributed by atoms with Crippen molar-refractivity contribution in [1.82, 2.24) is 10.2 Å². The average molecular weight is 384 g/mol. The van der Waals surface area contributed by atoms with Gasteiger partial charge in [0.25, 0.3) is 5.91 Å². The zero-order valence-electron chi connectivity index (χ0n) is 11.6. The molecule has 0 bridgehead atoms. The largest absolute Gasteiger partial charge is 0.334 e. The van der Waals surface area contributed by atoms with Crippen LogP contribution in [-0.4, -0.2) is 36.0 Å². The highest BCUT2D eigenvalue weighted by atomic mass is 127. The van der Waals surface area contributed by atoms with Gasteiger partial charge in [0.15, 0.2) is 0 Å². The normalized spacial score (nSPS) is 22.6. The Hall–Kier alpha value is -0.620.